The Kier molecular flexibility index (Phi) is 4.12. The summed E-state index contributed by atoms with van der Waals surface area (Å²) in [6.07, 6.45) is 3.24. The van der Waals surface area contributed by atoms with Gasteiger partial charge in [0.25, 0.3) is 0 Å². The van der Waals surface area contributed by atoms with Crippen LogP contribution in [0, 0.1) is 0 Å². The molecule has 1 aromatic heterocycles. The standard InChI is InChI=1S/C14H14Cl2N4O2S/c1-8-6-9-4-3-5-11(12(9)20(8)23(2,21)22)18-13-10(15)7-17-14(16)19-13/h3-5,7-8H,6H2,1-2H3,(H,17,18,19). The number of hydrogen-bond acceptors (Lipinski definition) is 5. The van der Waals surface area contributed by atoms with E-state index in [0.717, 1.165) is 5.56 Å². The Balaban J connectivity index is 2.10. The topological polar surface area (TPSA) is 75.2 Å². The van der Waals surface area contributed by atoms with Crippen molar-refractivity contribution in [1.82, 2.24) is 9.97 Å². The van der Waals surface area contributed by atoms with Gasteiger partial charge in [-0.1, -0.05) is 23.7 Å². The molecule has 2 aromatic rings. The first-order chi connectivity index (χ1) is 10.8. The van der Waals surface area contributed by atoms with E-state index in [4.69, 9.17) is 23.2 Å². The second kappa shape index (κ2) is 5.81. The van der Waals surface area contributed by atoms with Gasteiger partial charge < -0.3 is 5.32 Å². The van der Waals surface area contributed by atoms with Crippen LogP contribution < -0.4 is 9.62 Å². The van der Waals surface area contributed by atoms with Crippen LogP contribution in [0.5, 0.6) is 0 Å². The minimum absolute atomic E-state index is 0.0535. The molecule has 1 aliphatic heterocycles. The molecule has 3 rings (SSSR count). The van der Waals surface area contributed by atoms with E-state index in [9.17, 15) is 8.42 Å². The highest BCUT2D eigenvalue weighted by molar-refractivity contribution is 7.92. The number of fused-ring (bicyclic) bond motifs is 1. The lowest BCUT2D eigenvalue weighted by Crippen LogP contribution is -2.35. The lowest BCUT2D eigenvalue weighted by Gasteiger charge is -2.24. The lowest BCUT2D eigenvalue weighted by molar-refractivity contribution is 0.590. The van der Waals surface area contributed by atoms with Crippen molar-refractivity contribution in [2.45, 2.75) is 19.4 Å². The average Bonchev–Trinajstić information content (AvgIpc) is 2.80. The first kappa shape index (κ1) is 16.3. The van der Waals surface area contributed by atoms with E-state index in [1.165, 1.54) is 16.8 Å². The van der Waals surface area contributed by atoms with Crippen LogP contribution in [0.1, 0.15) is 12.5 Å². The fourth-order valence-electron chi connectivity index (χ4n) is 2.79. The lowest BCUT2D eigenvalue weighted by atomic mass is 10.1. The third-order valence-electron chi connectivity index (χ3n) is 3.58. The molecule has 1 atom stereocenters. The number of rotatable bonds is 3. The monoisotopic (exact) mass is 372 g/mol. The van der Waals surface area contributed by atoms with Gasteiger partial charge in [0.1, 0.15) is 5.02 Å². The van der Waals surface area contributed by atoms with E-state index in [0.29, 0.717) is 28.6 Å². The molecule has 0 spiro atoms. The number of benzene rings is 1. The van der Waals surface area contributed by atoms with Crippen LogP contribution >= 0.6 is 23.2 Å². The number of hydrogen-bond donors (Lipinski definition) is 1. The Morgan fingerprint density at radius 3 is 2.78 bits per heavy atom. The van der Waals surface area contributed by atoms with E-state index in [1.807, 2.05) is 19.1 Å². The minimum atomic E-state index is -3.40. The summed E-state index contributed by atoms with van der Waals surface area (Å²) in [5.74, 6) is 0.327. The molecule has 0 saturated heterocycles. The average molecular weight is 373 g/mol. The third-order valence-corrected chi connectivity index (χ3v) is 5.30. The number of halogens is 2. The number of aromatic nitrogens is 2. The summed E-state index contributed by atoms with van der Waals surface area (Å²) in [5, 5.41) is 3.41. The van der Waals surface area contributed by atoms with Crippen molar-refractivity contribution in [2.24, 2.45) is 0 Å². The van der Waals surface area contributed by atoms with Crippen molar-refractivity contribution >= 4 is 50.4 Å². The van der Waals surface area contributed by atoms with Crippen LogP contribution in [0.15, 0.2) is 24.4 Å². The molecule has 1 aromatic carbocycles. The zero-order valence-electron chi connectivity index (χ0n) is 12.4. The van der Waals surface area contributed by atoms with Gasteiger partial charge in [-0.15, -0.1) is 0 Å². The smallest absolute Gasteiger partial charge is 0.232 e. The summed E-state index contributed by atoms with van der Waals surface area (Å²) >= 11 is 11.9. The van der Waals surface area contributed by atoms with Gasteiger partial charge >= 0.3 is 0 Å². The zero-order valence-corrected chi connectivity index (χ0v) is 14.7. The molecule has 2 heterocycles. The normalized spacial score (nSPS) is 17.2. The van der Waals surface area contributed by atoms with Gasteiger partial charge in [-0.25, -0.2) is 13.4 Å². The maximum atomic E-state index is 12.2. The summed E-state index contributed by atoms with van der Waals surface area (Å²) in [6, 6.07) is 5.40. The summed E-state index contributed by atoms with van der Waals surface area (Å²) in [7, 11) is -3.40. The zero-order chi connectivity index (χ0) is 16.8. The Hall–Kier alpha value is -1.57. The maximum absolute atomic E-state index is 12.2. The van der Waals surface area contributed by atoms with Gasteiger partial charge in [-0.3, -0.25) is 4.31 Å². The highest BCUT2D eigenvalue weighted by atomic mass is 35.5. The molecule has 122 valence electrons. The largest absolute Gasteiger partial charge is 0.337 e. The first-order valence-electron chi connectivity index (χ1n) is 6.83. The SMILES string of the molecule is CC1Cc2cccc(Nc3nc(Cl)ncc3Cl)c2N1S(C)(=O)=O. The summed E-state index contributed by atoms with van der Waals surface area (Å²) in [6.45, 7) is 1.87. The summed E-state index contributed by atoms with van der Waals surface area (Å²) in [5.41, 5.74) is 2.17. The molecule has 0 aliphatic carbocycles. The van der Waals surface area contributed by atoms with Crippen LogP contribution in [0.25, 0.3) is 0 Å². The van der Waals surface area contributed by atoms with Crippen molar-refractivity contribution in [3.8, 4) is 0 Å². The molecule has 0 bridgehead atoms. The molecule has 0 saturated carbocycles. The van der Waals surface area contributed by atoms with Crippen LogP contribution in [0.4, 0.5) is 17.2 Å². The van der Waals surface area contributed by atoms with E-state index >= 15 is 0 Å². The van der Waals surface area contributed by atoms with Crippen LogP contribution in [0.2, 0.25) is 10.3 Å². The first-order valence-corrected chi connectivity index (χ1v) is 9.44. The van der Waals surface area contributed by atoms with Gasteiger partial charge in [0, 0.05) is 6.04 Å². The Morgan fingerprint density at radius 2 is 2.09 bits per heavy atom. The second-order valence-corrected chi connectivity index (χ2v) is 7.99. The quantitative estimate of drug-likeness (QED) is 0.836. The number of para-hydroxylation sites is 1. The number of nitrogens with zero attached hydrogens (tertiary/aromatic N) is 3. The predicted molar refractivity (Wildman–Crippen MR) is 92.3 cm³/mol. The molecular formula is C14H14Cl2N4O2S. The Labute approximate surface area is 144 Å². The predicted octanol–water partition coefficient (Wildman–Crippen LogP) is 3.24. The van der Waals surface area contributed by atoms with Crippen molar-refractivity contribution < 1.29 is 8.42 Å². The highest BCUT2D eigenvalue weighted by Gasteiger charge is 2.34. The van der Waals surface area contributed by atoms with Gasteiger partial charge in [0.05, 0.1) is 23.8 Å². The van der Waals surface area contributed by atoms with Crippen LogP contribution in [0.3, 0.4) is 0 Å². The van der Waals surface area contributed by atoms with E-state index in [-0.39, 0.29) is 11.3 Å². The maximum Gasteiger partial charge on any atom is 0.232 e. The van der Waals surface area contributed by atoms with Crippen LogP contribution in [-0.4, -0.2) is 30.7 Å². The molecule has 0 fully saturated rings. The molecular weight excluding hydrogens is 359 g/mol. The third kappa shape index (κ3) is 3.08. The van der Waals surface area contributed by atoms with Crippen molar-refractivity contribution in [3.63, 3.8) is 0 Å². The van der Waals surface area contributed by atoms with Gasteiger partial charge in [0.2, 0.25) is 15.3 Å². The molecule has 0 radical (unpaired) electrons. The van der Waals surface area contributed by atoms with Gasteiger partial charge in [-0.05, 0) is 36.6 Å². The second-order valence-electron chi connectivity index (χ2n) is 5.39. The highest BCUT2D eigenvalue weighted by Crippen LogP contribution is 2.41. The number of sulfonamides is 1. The van der Waals surface area contributed by atoms with Gasteiger partial charge in [0.15, 0.2) is 5.82 Å². The number of nitrogens with one attached hydrogen (secondary N) is 1. The summed E-state index contributed by atoms with van der Waals surface area (Å²) < 4.78 is 25.7. The van der Waals surface area contributed by atoms with Crippen molar-refractivity contribution in [2.75, 3.05) is 15.9 Å². The van der Waals surface area contributed by atoms with E-state index in [2.05, 4.69) is 15.3 Å². The van der Waals surface area contributed by atoms with Crippen molar-refractivity contribution in [3.05, 3.63) is 40.3 Å². The molecule has 1 aliphatic rings. The fourth-order valence-corrected chi connectivity index (χ4v) is 4.34. The molecule has 1 unspecified atom stereocenters. The van der Waals surface area contributed by atoms with E-state index in [1.54, 1.807) is 6.07 Å². The van der Waals surface area contributed by atoms with Crippen LogP contribution in [-0.2, 0) is 16.4 Å². The van der Waals surface area contributed by atoms with Gasteiger partial charge in [-0.2, -0.15) is 4.98 Å². The fraction of sp³-hybridized carbons (Fsp3) is 0.286. The van der Waals surface area contributed by atoms with E-state index < -0.39 is 10.0 Å². The molecule has 1 N–H and O–H groups in total. The van der Waals surface area contributed by atoms with Crippen molar-refractivity contribution in [1.29, 1.82) is 0 Å². The minimum Gasteiger partial charge on any atom is -0.337 e. The molecule has 6 nitrogen and oxygen atoms in total. The Bertz CT molecular complexity index is 873. The molecule has 0 amide bonds. The molecule has 23 heavy (non-hydrogen) atoms. The Morgan fingerprint density at radius 1 is 1.35 bits per heavy atom. The number of anilines is 3. The molecule has 9 heteroatoms. The summed E-state index contributed by atoms with van der Waals surface area (Å²) in [4.78, 5) is 7.84.